The molecule has 0 fully saturated rings. The van der Waals surface area contributed by atoms with E-state index >= 15 is 0 Å². The van der Waals surface area contributed by atoms with Crippen LogP contribution in [-0.2, 0) is 0 Å². The summed E-state index contributed by atoms with van der Waals surface area (Å²) in [6.07, 6.45) is 3.20. The van der Waals surface area contributed by atoms with E-state index in [2.05, 4.69) is 4.98 Å². The fraction of sp³-hybridized carbons (Fsp3) is 0.385. The van der Waals surface area contributed by atoms with Crippen molar-refractivity contribution in [2.75, 3.05) is 6.67 Å². The van der Waals surface area contributed by atoms with Gasteiger partial charge in [-0.25, -0.2) is 0 Å². The average molecular weight is 221 g/mol. The van der Waals surface area contributed by atoms with Gasteiger partial charge in [-0.2, -0.15) is 0 Å². The molecule has 0 bridgehead atoms. The third-order valence-corrected chi connectivity index (χ3v) is 2.84. The SMILES string of the molecule is OC(CCCCF)c1c[nH]c2ccccc12. The number of halogens is 1. The standard InChI is InChI=1S/C13H16FNO/c14-8-4-3-7-13(16)11-9-15-12-6-2-1-5-10(11)12/h1-2,5-6,9,13,15-16H,3-4,7-8H2. The molecule has 1 aromatic carbocycles. The van der Waals surface area contributed by atoms with E-state index in [9.17, 15) is 9.50 Å². The van der Waals surface area contributed by atoms with Gasteiger partial charge in [0.2, 0.25) is 0 Å². The van der Waals surface area contributed by atoms with Gasteiger partial charge >= 0.3 is 0 Å². The van der Waals surface area contributed by atoms with E-state index in [1.165, 1.54) is 0 Å². The van der Waals surface area contributed by atoms with Crippen LogP contribution < -0.4 is 0 Å². The molecule has 1 atom stereocenters. The Morgan fingerprint density at radius 3 is 2.88 bits per heavy atom. The van der Waals surface area contributed by atoms with E-state index in [0.29, 0.717) is 12.8 Å². The van der Waals surface area contributed by atoms with Crippen LogP contribution in [0.3, 0.4) is 0 Å². The molecule has 3 heteroatoms. The average Bonchev–Trinajstić information content (AvgIpc) is 2.73. The molecule has 1 heterocycles. The molecule has 0 saturated heterocycles. The monoisotopic (exact) mass is 221 g/mol. The predicted molar refractivity (Wildman–Crippen MR) is 63.1 cm³/mol. The van der Waals surface area contributed by atoms with Crippen molar-refractivity contribution in [3.8, 4) is 0 Å². The van der Waals surface area contributed by atoms with Crippen molar-refractivity contribution in [1.82, 2.24) is 4.98 Å². The maximum atomic E-state index is 12.0. The van der Waals surface area contributed by atoms with Crippen LogP contribution >= 0.6 is 0 Å². The van der Waals surface area contributed by atoms with Crippen molar-refractivity contribution in [2.45, 2.75) is 25.4 Å². The number of aliphatic hydroxyl groups is 1. The molecule has 0 aliphatic carbocycles. The number of hydrogen-bond donors (Lipinski definition) is 2. The lowest BCUT2D eigenvalue weighted by Gasteiger charge is -2.08. The molecule has 0 amide bonds. The second-order valence-corrected chi connectivity index (χ2v) is 3.99. The molecule has 2 rings (SSSR count). The number of aromatic nitrogens is 1. The summed E-state index contributed by atoms with van der Waals surface area (Å²) in [5.41, 5.74) is 1.94. The summed E-state index contributed by atoms with van der Waals surface area (Å²) in [7, 11) is 0. The van der Waals surface area contributed by atoms with Gasteiger partial charge in [0.25, 0.3) is 0 Å². The van der Waals surface area contributed by atoms with Gasteiger partial charge in [0.1, 0.15) is 0 Å². The third kappa shape index (κ3) is 2.25. The molecule has 2 aromatic rings. The van der Waals surface area contributed by atoms with Crippen LogP contribution in [0.5, 0.6) is 0 Å². The minimum absolute atomic E-state index is 0.305. The van der Waals surface area contributed by atoms with E-state index in [0.717, 1.165) is 22.9 Å². The van der Waals surface area contributed by atoms with Gasteiger partial charge in [0.05, 0.1) is 12.8 Å². The zero-order valence-corrected chi connectivity index (χ0v) is 9.12. The molecule has 1 aromatic heterocycles. The first-order chi connectivity index (χ1) is 7.83. The number of benzene rings is 1. The van der Waals surface area contributed by atoms with Gasteiger partial charge < -0.3 is 10.1 Å². The van der Waals surface area contributed by atoms with E-state index in [4.69, 9.17) is 0 Å². The summed E-state index contributed by atoms with van der Waals surface area (Å²) in [6, 6.07) is 7.87. The fourth-order valence-electron chi connectivity index (χ4n) is 1.96. The number of nitrogens with one attached hydrogen (secondary N) is 1. The maximum Gasteiger partial charge on any atom is 0.0894 e. The first-order valence-electron chi connectivity index (χ1n) is 5.63. The second kappa shape index (κ2) is 5.12. The second-order valence-electron chi connectivity index (χ2n) is 3.99. The highest BCUT2D eigenvalue weighted by molar-refractivity contribution is 5.83. The molecule has 0 spiro atoms. The van der Waals surface area contributed by atoms with Crippen molar-refractivity contribution >= 4 is 10.9 Å². The van der Waals surface area contributed by atoms with Gasteiger partial charge in [-0.15, -0.1) is 0 Å². The normalized spacial score (nSPS) is 13.1. The fourth-order valence-corrected chi connectivity index (χ4v) is 1.96. The molecule has 2 N–H and O–H groups in total. The molecular weight excluding hydrogens is 205 g/mol. The summed E-state index contributed by atoms with van der Waals surface area (Å²) in [5.74, 6) is 0. The number of H-pyrrole nitrogens is 1. The van der Waals surface area contributed by atoms with Gasteiger partial charge in [0, 0.05) is 22.7 Å². The molecule has 0 aliphatic rings. The van der Waals surface area contributed by atoms with E-state index in [1.807, 2.05) is 30.5 Å². The summed E-state index contributed by atoms with van der Waals surface area (Å²) >= 11 is 0. The summed E-state index contributed by atoms with van der Waals surface area (Å²) in [4.78, 5) is 3.13. The van der Waals surface area contributed by atoms with Crippen molar-refractivity contribution in [3.63, 3.8) is 0 Å². The number of rotatable bonds is 5. The summed E-state index contributed by atoms with van der Waals surface area (Å²) in [6.45, 7) is -0.305. The number of alkyl halides is 1. The number of para-hydroxylation sites is 1. The Bertz CT molecular complexity index is 452. The molecule has 86 valence electrons. The first-order valence-corrected chi connectivity index (χ1v) is 5.63. The van der Waals surface area contributed by atoms with Gasteiger partial charge in [-0.05, 0) is 25.3 Å². The molecular formula is C13H16FNO. The number of aliphatic hydroxyl groups excluding tert-OH is 1. The number of hydrogen-bond acceptors (Lipinski definition) is 1. The Hall–Kier alpha value is -1.35. The number of unbranched alkanes of at least 4 members (excludes halogenated alkanes) is 1. The predicted octanol–water partition coefficient (Wildman–Crippen LogP) is 3.34. The topological polar surface area (TPSA) is 36.0 Å². The van der Waals surface area contributed by atoms with Crippen LogP contribution in [0.2, 0.25) is 0 Å². The number of fused-ring (bicyclic) bond motifs is 1. The molecule has 1 unspecified atom stereocenters. The van der Waals surface area contributed by atoms with Crippen LogP contribution in [0.15, 0.2) is 30.5 Å². The lowest BCUT2D eigenvalue weighted by molar-refractivity contribution is 0.164. The van der Waals surface area contributed by atoms with Gasteiger partial charge in [0.15, 0.2) is 0 Å². The zero-order valence-electron chi connectivity index (χ0n) is 9.12. The summed E-state index contributed by atoms with van der Waals surface area (Å²) in [5, 5.41) is 11.0. The highest BCUT2D eigenvalue weighted by atomic mass is 19.1. The van der Waals surface area contributed by atoms with Gasteiger partial charge in [-0.3, -0.25) is 4.39 Å². The molecule has 0 saturated carbocycles. The van der Waals surface area contributed by atoms with Crippen molar-refractivity contribution in [2.24, 2.45) is 0 Å². The Morgan fingerprint density at radius 2 is 2.06 bits per heavy atom. The molecule has 0 radical (unpaired) electrons. The molecule has 2 nitrogen and oxygen atoms in total. The smallest absolute Gasteiger partial charge is 0.0894 e. The van der Waals surface area contributed by atoms with Crippen molar-refractivity contribution in [1.29, 1.82) is 0 Å². The van der Waals surface area contributed by atoms with Gasteiger partial charge in [-0.1, -0.05) is 18.2 Å². The van der Waals surface area contributed by atoms with E-state index < -0.39 is 6.10 Å². The van der Waals surface area contributed by atoms with Crippen LogP contribution in [0.1, 0.15) is 30.9 Å². The lowest BCUT2D eigenvalue weighted by atomic mass is 10.0. The number of aromatic amines is 1. The minimum Gasteiger partial charge on any atom is -0.388 e. The summed E-state index contributed by atoms with van der Waals surface area (Å²) < 4.78 is 12.0. The Balaban J connectivity index is 2.13. The quantitative estimate of drug-likeness (QED) is 0.746. The Labute approximate surface area is 94.1 Å². The van der Waals surface area contributed by atoms with Crippen LogP contribution in [0.4, 0.5) is 4.39 Å². The first kappa shape index (κ1) is 11.1. The largest absolute Gasteiger partial charge is 0.388 e. The highest BCUT2D eigenvalue weighted by Crippen LogP contribution is 2.26. The van der Waals surface area contributed by atoms with E-state index in [-0.39, 0.29) is 6.67 Å². The van der Waals surface area contributed by atoms with Crippen LogP contribution in [-0.4, -0.2) is 16.8 Å². The van der Waals surface area contributed by atoms with Crippen LogP contribution in [0, 0.1) is 0 Å². The highest BCUT2D eigenvalue weighted by Gasteiger charge is 2.11. The third-order valence-electron chi connectivity index (χ3n) is 2.84. The molecule has 16 heavy (non-hydrogen) atoms. The Morgan fingerprint density at radius 1 is 1.25 bits per heavy atom. The lowest BCUT2D eigenvalue weighted by Crippen LogP contribution is -1.96. The van der Waals surface area contributed by atoms with E-state index in [1.54, 1.807) is 0 Å². The van der Waals surface area contributed by atoms with Crippen LogP contribution in [0.25, 0.3) is 10.9 Å². The van der Waals surface area contributed by atoms with Crippen molar-refractivity contribution < 1.29 is 9.50 Å². The van der Waals surface area contributed by atoms with Crippen molar-refractivity contribution in [3.05, 3.63) is 36.0 Å². The minimum atomic E-state index is -0.498. The maximum absolute atomic E-state index is 12.0. The zero-order chi connectivity index (χ0) is 11.4. The Kier molecular flexibility index (Phi) is 3.57. The molecule has 0 aliphatic heterocycles.